The van der Waals surface area contributed by atoms with Gasteiger partial charge in [0, 0.05) is 18.5 Å². The van der Waals surface area contributed by atoms with Gasteiger partial charge in [0.15, 0.2) is 0 Å². The third kappa shape index (κ3) is 5.59. The quantitative estimate of drug-likeness (QED) is 0.788. The van der Waals surface area contributed by atoms with Crippen molar-refractivity contribution in [2.75, 3.05) is 26.2 Å². The molecule has 2 fully saturated rings. The van der Waals surface area contributed by atoms with Gasteiger partial charge in [0.2, 0.25) is 5.91 Å². The van der Waals surface area contributed by atoms with Crippen LogP contribution < -0.4 is 11.1 Å². The van der Waals surface area contributed by atoms with Crippen molar-refractivity contribution in [2.24, 2.45) is 23.5 Å². The summed E-state index contributed by atoms with van der Waals surface area (Å²) in [7, 11) is 0. The van der Waals surface area contributed by atoms with Gasteiger partial charge in [-0.05, 0) is 70.0 Å². The number of nitrogens with zero attached hydrogens (tertiary/aromatic N) is 1. The molecule has 1 amide bonds. The second kappa shape index (κ2) is 8.14. The standard InChI is InChI=1S/C17H33N3O/c1-13(2)5-8-20-9-6-14(7-10-20)12-19-17(21)15-3-4-16(18)11-15/h13-16H,3-12,18H2,1-2H3,(H,19,21). The highest BCUT2D eigenvalue weighted by molar-refractivity contribution is 5.79. The summed E-state index contributed by atoms with van der Waals surface area (Å²) >= 11 is 0. The summed E-state index contributed by atoms with van der Waals surface area (Å²) in [5.74, 6) is 1.87. The van der Waals surface area contributed by atoms with Crippen LogP contribution in [0.25, 0.3) is 0 Å². The van der Waals surface area contributed by atoms with Gasteiger partial charge in [-0.25, -0.2) is 0 Å². The summed E-state index contributed by atoms with van der Waals surface area (Å²) in [5.41, 5.74) is 5.88. The molecular weight excluding hydrogens is 262 g/mol. The van der Waals surface area contributed by atoms with Crippen LogP contribution in [0.3, 0.4) is 0 Å². The fourth-order valence-electron chi connectivity index (χ4n) is 3.50. The molecule has 3 N–H and O–H groups in total. The number of carbonyl (C=O) groups excluding carboxylic acids is 1. The monoisotopic (exact) mass is 295 g/mol. The smallest absolute Gasteiger partial charge is 0.223 e. The first-order valence-electron chi connectivity index (χ1n) is 8.80. The van der Waals surface area contributed by atoms with Crippen LogP contribution in [0.15, 0.2) is 0 Å². The molecule has 4 heteroatoms. The largest absolute Gasteiger partial charge is 0.356 e. The molecule has 0 aromatic carbocycles. The molecule has 0 spiro atoms. The van der Waals surface area contributed by atoms with Crippen molar-refractivity contribution in [1.82, 2.24) is 10.2 Å². The highest BCUT2D eigenvalue weighted by Crippen LogP contribution is 2.24. The zero-order valence-electron chi connectivity index (χ0n) is 13.8. The fourth-order valence-corrected chi connectivity index (χ4v) is 3.50. The lowest BCUT2D eigenvalue weighted by Crippen LogP contribution is -2.40. The average molecular weight is 295 g/mol. The lowest BCUT2D eigenvalue weighted by Gasteiger charge is -2.32. The van der Waals surface area contributed by atoms with Gasteiger partial charge in [0.05, 0.1) is 0 Å². The van der Waals surface area contributed by atoms with E-state index in [-0.39, 0.29) is 17.9 Å². The van der Waals surface area contributed by atoms with Crippen molar-refractivity contribution in [3.8, 4) is 0 Å². The van der Waals surface area contributed by atoms with Gasteiger partial charge in [-0.2, -0.15) is 0 Å². The SMILES string of the molecule is CC(C)CCN1CCC(CNC(=O)C2CCC(N)C2)CC1. The number of nitrogens with one attached hydrogen (secondary N) is 1. The van der Waals surface area contributed by atoms with Crippen LogP contribution in [-0.2, 0) is 4.79 Å². The Morgan fingerprint density at radius 1 is 1.24 bits per heavy atom. The molecule has 0 radical (unpaired) electrons. The summed E-state index contributed by atoms with van der Waals surface area (Å²) in [4.78, 5) is 14.7. The van der Waals surface area contributed by atoms with Crippen LogP contribution in [0.4, 0.5) is 0 Å². The normalized spacial score (nSPS) is 28.2. The van der Waals surface area contributed by atoms with Crippen LogP contribution in [-0.4, -0.2) is 43.0 Å². The van der Waals surface area contributed by atoms with E-state index in [1.807, 2.05) is 0 Å². The van der Waals surface area contributed by atoms with E-state index in [1.165, 1.54) is 38.9 Å². The molecule has 0 aromatic heterocycles. The molecular formula is C17H33N3O. The predicted molar refractivity (Wildman–Crippen MR) is 86.9 cm³/mol. The van der Waals surface area contributed by atoms with Crippen molar-refractivity contribution in [3.63, 3.8) is 0 Å². The first-order chi connectivity index (χ1) is 10.0. The summed E-state index contributed by atoms with van der Waals surface area (Å²) < 4.78 is 0. The Balaban J connectivity index is 1.59. The maximum absolute atomic E-state index is 12.1. The molecule has 1 saturated heterocycles. The number of hydrogen-bond donors (Lipinski definition) is 2. The Hall–Kier alpha value is -0.610. The molecule has 21 heavy (non-hydrogen) atoms. The Bertz CT molecular complexity index is 324. The number of rotatable bonds is 6. The van der Waals surface area contributed by atoms with Crippen molar-refractivity contribution >= 4 is 5.91 Å². The number of carbonyl (C=O) groups is 1. The molecule has 122 valence electrons. The molecule has 4 nitrogen and oxygen atoms in total. The van der Waals surface area contributed by atoms with E-state index >= 15 is 0 Å². The number of hydrogen-bond acceptors (Lipinski definition) is 3. The van der Waals surface area contributed by atoms with E-state index < -0.39 is 0 Å². The van der Waals surface area contributed by atoms with Crippen molar-refractivity contribution in [1.29, 1.82) is 0 Å². The number of amides is 1. The average Bonchev–Trinajstić information content (AvgIpc) is 2.90. The minimum absolute atomic E-state index is 0.172. The molecule has 2 unspecified atom stereocenters. The predicted octanol–water partition coefficient (Wildman–Crippen LogP) is 1.99. The fraction of sp³-hybridized carbons (Fsp3) is 0.941. The van der Waals surface area contributed by atoms with Crippen LogP contribution >= 0.6 is 0 Å². The molecule has 1 saturated carbocycles. The molecule has 2 atom stereocenters. The van der Waals surface area contributed by atoms with Gasteiger partial charge in [-0.3, -0.25) is 4.79 Å². The van der Waals surface area contributed by atoms with Crippen LogP contribution in [0.1, 0.15) is 52.4 Å². The lowest BCUT2D eigenvalue weighted by atomic mass is 9.96. The minimum Gasteiger partial charge on any atom is -0.356 e. The third-order valence-corrected chi connectivity index (χ3v) is 5.14. The number of piperidine rings is 1. The van der Waals surface area contributed by atoms with E-state index in [1.54, 1.807) is 0 Å². The highest BCUT2D eigenvalue weighted by atomic mass is 16.1. The first kappa shape index (κ1) is 16.8. The minimum atomic E-state index is 0.172. The molecule has 2 rings (SSSR count). The Labute approximate surface area is 129 Å². The molecule has 1 aliphatic heterocycles. The summed E-state index contributed by atoms with van der Waals surface area (Å²) in [5, 5.41) is 3.17. The number of likely N-dealkylation sites (tertiary alicyclic amines) is 1. The van der Waals surface area contributed by atoms with Gasteiger partial charge in [-0.15, -0.1) is 0 Å². The maximum atomic E-state index is 12.1. The number of nitrogens with two attached hydrogens (primary N) is 1. The van der Waals surface area contributed by atoms with Gasteiger partial charge >= 0.3 is 0 Å². The topological polar surface area (TPSA) is 58.4 Å². The summed E-state index contributed by atoms with van der Waals surface area (Å²) in [6.07, 6.45) is 6.60. The third-order valence-electron chi connectivity index (χ3n) is 5.14. The van der Waals surface area contributed by atoms with E-state index in [2.05, 4.69) is 24.1 Å². The Morgan fingerprint density at radius 3 is 2.52 bits per heavy atom. The summed E-state index contributed by atoms with van der Waals surface area (Å²) in [6, 6.07) is 0.241. The highest BCUT2D eigenvalue weighted by Gasteiger charge is 2.28. The van der Waals surface area contributed by atoms with Crippen molar-refractivity contribution in [2.45, 2.75) is 58.4 Å². The first-order valence-corrected chi connectivity index (χ1v) is 8.80. The lowest BCUT2D eigenvalue weighted by molar-refractivity contribution is -0.125. The molecule has 1 aliphatic carbocycles. The van der Waals surface area contributed by atoms with Crippen LogP contribution in [0, 0.1) is 17.8 Å². The van der Waals surface area contributed by atoms with E-state index in [0.29, 0.717) is 5.92 Å². The summed E-state index contributed by atoms with van der Waals surface area (Å²) in [6.45, 7) is 9.07. The molecule has 0 aromatic rings. The van der Waals surface area contributed by atoms with Gasteiger partial charge in [-0.1, -0.05) is 13.8 Å². The van der Waals surface area contributed by atoms with E-state index in [9.17, 15) is 4.79 Å². The second-order valence-electron chi connectivity index (χ2n) is 7.48. The van der Waals surface area contributed by atoms with Crippen LogP contribution in [0.2, 0.25) is 0 Å². The molecule has 1 heterocycles. The zero-order chi connectivity index (χ0) is 15.2. The Morgan fingerprint density at radius 2 is 1.95 bits per heavy atom. The maximum Gasteiger partial charge on any atom is 0.223 e. The van der Waals surface area contributed by atoms with Gasteiger partial charge in [0.25, 0.3) is 0 Å². The second-order valence-corrected chi connectivity index (χ2v) is 7.48. The van der Waals surface area contributed by atoms with Gasteiger partial charge in [0.1, 0.15) is 0 Å². The zero-order valence-corrected chi connectivity index (χ0v) is 13.8. The van der Waals surface area contributed by atoms with E-state index in [4.69, 9.17) is 5.73 Å². The molecule has 2 aliphatic rings. The Kier molecular flexibility index (Phi) is 6.49. The van der Waals surface area contributed by atoms with Crippen molar-refractivity contribution in [3.05, 3.63) is 0 Å². The van der Waals surface area contributed by atoms with Crippen molar-refractivity contribution < 1.29 is 4.79 Å². The van der Waals surface area contributed by atoms with E-state index in [0.717, 1.165) is 31.7 Å². The van der Waals surface area contributed by atoms with Gasteiger partial charge < -0.3 is 16.0 Å². The van der Waals surface area contributed by atoms with Crippen LogP contribution in [0.5, 0.6) is 0 Å². The molecule has 0 bridgehead atoms.